The van der Waals surface area contributed by atoms with Crippen LogP contribution in [0.2, 0.25) is 0 Å². The molecule has 1 aliphatic rings. The molecular weight excluding hydrogens is 218 g/mol. The van der Waals surface area contributed by atoms with Crippen LogP contribution in [0.1, 0.15) is 18.4 Å². The maximum atomic E-state index is 3.48. The second-order valence-electron chi connectivity index (χ2n) is 5.23. The fraction of sp³-hybridized carbons (Fsp3) is 0.294. The zero-order chi connectivity index (χ0) is 12.4. The molecule has 0 unspecified atom stereocenters. The Labute approximate surface area is 109 Å². The summed E-state index contributed by atoms with van der Waals surface area (Å²) in [6.07, 6.45) is 3.73. The predicted molar refractivity (Wildman–Crippen MR) is 76.6 cm³/mol. The van der Waals surface area contributed by atoms with E-state index in [4.69, 9.17) is 0 Å². The number of hydrogen-bond acceptors (Lipinski definition) is 1. The minimum Gasteiger partial charge on any atom is -0.314 e. The van der Waals surface area contributed by atoms with Gasteiger partial charge in [0.1, 0.15) is 0 Å². The second kappa shape index (κ2) is 4.58. The van der Waals surface area contributed by atoms with Crippen molar-refractivity contribution in [2.24, 2.45) is 0 Å². The first-order valence-corrected chi connectivity index (χ1v) is 6.65. The summed E-state index contributed by atoms with van der Waals surface area (Å²) in [6, 6.07) is 19.4. The topological polar surface area (TPSA) is 12.0 Å². The maximum Gasteiger partial charge on any atom is 0.0220 e. The largest absolute Gasteiger partial charge is 0.314 e. The van der Waals surface area contributed by atoms with Crippen LogP contribution in [0.4, 0.5) is 0 Å². The summed E-state index contributed by atoms with van der Waals surface area (Å²) < 4.78 is 0. The van der Waals surface area contributed by atoms with Crippen LogP contribution in [0.3, 0.4) is 0 Å². The lowest BCUT2D eigenvalue weighted by molar-refractivity contribution is 0.549. The molecule has 0 amide bonds. The highest BCUT2D eigenvalue weighted by molar-refractivity contribution is 5.67. The zero-order valence-corrected chi connectivity index (χ0v) is 10.8. The van der Waals surface area contributed by atoms with E-state index in [0.717, 1.165) is 6.42 Å². The lowest BCUT2D eigenvalue weighted by Gasteiger charge is -2.17. The summed E-state index contributed by atoms with van der Waals surface area (Å²) >= 11 is 0. The highest BCUT2D eigenvalue weighted by Gasteiger charge is 2.41. The van der Waals surface area contributed by atoms with Crippen LogP contribution in [-0.2, 0) is 6.42 Å². The number of hydrogen-bond donors (Lipinski definition) is 1. The van der Waals surface area contributed by atoms with Crippen molar-refractivity contribution in [3.05, 3.63) is 60.2 Å². The quantitative estimate of drug-likeness (QED) is 0.856. The van der Waals surface area contributed by atoms with Gasteiger partial charge in [-0.1, -0.05) is 54.6 Å². The smallest absolute Gasteiger partial charge is 0.0220 e. The Morgan fingerprint density at radius 2 is 1.61 bits per heavy atom. The molecule has 2 aromatic carbocycles. The molecule has 0 atom stereocenters. The SMILES string of the molecule is CNC1(Cc2ccccc2-c2ccccc2)CC1. The van der Waals surface area contributed by atoms with E-state index in [1.54, 1.807) is 0 Å². The third-order valence-electron chi connectivity index (χ3n) is 4.01. The first kappa shape index (κ1) is 11.5. The molecule has 92 valence electrons. The highest BCUT2D eigenvalue weighted by Crippen LogP contribution is 2.40. The van der Waals surface area contributed by atoms with Gasteiger partial charge in [-0.25, -0.2) is 0 Å². The van der Waals surface area contributed by atoms with Crippen LogP contribution in [0.15, 0.2) is 54.6 Å². The lowest BCUT2D eigenvalue weighted by atomic mass is 9.94. The van der Waals surface area contributed by atoms with Crippen molar-refractivity contribution in [2.45, 2.75) is 24.8 Å². The van der Waals surface area contributed by atoms with E-state index in [9.17, 15) is 0 Å². The zero-order valence-electron chi connectivity index (χ0n) is 10.8. The van der Waals surface area contributed by atoms with Crippen molar-refractivity contribution >= 4 is 0 Å². The van der Waals surface area contributed by atoms with Crippen molar-refractivity contribution < 1.29 is 0 Å². The van der Waals surface area contributed by atoms with E-state index in [1.807, 2.05) is 0 Å². The summed E-state index contributed by atoms with van der Waals surface area (Å²) in [5.74, 6) is 0. The molecule has 3 rings (SSSR count). The maximum absolute atomic E-state index is 3.48. The van der Waals surface area contributed by atoms with Crippen molar-refractivity contribution in [1.82, 2.24) is 5.32 Å². The fourth-order valence-corrected chi connectivity index (χ4v) is 2.60. The number of nitrogens with one attached hydrogen (secondary N) is 1. The molecular formula is C17H19N. The van der Waals surface area contributed by atoms with Crippen molar-refractivity contribution in [2.75, 3.05) is 7.05 Å². The van der Waals surface area contributed by atoms with Gasteiger partial charge in [0.15, 0.2) is 0 Å². The molecule has 0 saturated heterocycles. The van der Waals surface area contributed by atoms with E-state index >= 15 is 0 Å². The molecule has 18 heavy (non-hydrogen) atoms. The number of rotatable bonds is 4. The van der Waals surface area contributed by atoms with Crippen LogP contribution in [0.5, 0.6) is 0 Å². The Balaban J connectivity index is 1.96. The van der Waals surface area contributed by atoms with Gasteiger partial charge in [-0.2, -0.15) is 0 Å². The molecule has 2 aromatic rings. The molecule has 1 N–H and O–H groups in total. The van der Waals surface area contributed by atoms with Gasteiger partial charge in [0, 0.05) is 5.54 Å². The van der Waals surface area contributed by atoms with Gasteiger partial charge in [0.05, 0.1) is 0 Å². The third-order valence-corrected chi connectivity index (χ3v) is 4.01. The van der Waals surface area contributed by atoms with Crippen molar-refractivity contribution in [1.29, 1.82) is 0 Å². The van der Waals surface area contributed by atoms with Gasteiger partial charge >= 0.3 is 0 Å². The number of likely N-dealkylation sites (N-methyl/N-ethyl adjacent to an activating group) is 1. The highest BCUT2D eigenvalue weighted by atomic mass is 15.0. The third kappa shape index (κ3) is 2.19. The average molecular weight is 237 g/mol. The van der Waals surface area contributed by atoms with E-state index in [0.29, 0.717) is 5.54 Å². The first-order valence-electron chi connectivity index (χ1n) is 6.65. The van der Waals surface area contributed by atoms with Crippen LogP contribution < -0.4 is 5.32 Å². The summed E-state index contributed by atoms with van der Waals surface area (Å²) in [5.41, 5.74) is 4.51. The van der Waals surface area contributed by atoms with Crippen LogP contribution >= 0.6 is 0 Å². The summed E-state index contributed by atoms with van der Waals surface area (Å²) in [5, 5.41) is 3.48. The minimum atomic E-state index is 0.366. The van der Waals surface area contributed by atoms with Crippen molar-refractivity contribution in [3.8, 4) is 11.1 Å². The van der Waals surface area contributed by atoms with E-state index < -0.39 is 0 Å². The molecule has 1 heteroatoms. The van der Waals surface area contributed by atoms with Gasteiger partial charge in [-0.15, -0.1) is 0 Å². The van der Waals surface area contributed by atoms with Crippen LogP contribution in [0, 0.1) is 0 Å². The van der Waals surface area contributed by atoms with Gasteiger partial charge < -0.3 is 5.32 Å². The minimum absolute atomic E-state index is 0.366. The predicted octanol–water partition coefficient (Wildman–Crippen LogP) is 3.65. The fourth-order valence-electron chi connectivity index (χ4n) is 2.60. The second-order valence-corrected chi connectivity index (χ2v) is 5.23. The van der Waals surface area contributed by atoms with Crippen LogP contribution in [-0.4, -0.2) is 12.6 Å². The van der Waals surface area contributed by atoms with Gasteiger partial charge in [0.2, 0.25) is 0 Å². The monoisotopic (exact) mass is 237 g/mol. The molecule has 1 saturated carbocycles. The van der Waals surface area contributed by atoms with Gasteiger partial charge in [0.25, 0.3) is 0 Å². The molecule has 1 nitrogen and oxygen atoms in total. The van der Waals surface area contributed by atoms with E-state index in [-0.39, 0.29) is 0 Å². The summed E-state index contributed by atoms with van der Waals surface area (Å²) in [4.78, 5) is 0. The average Bonchev–Trinajstić information content (AvgIpc) is 3.21. The number of benzene rings is 2. The molecule has 0 aromatic heterocycles. The summed E-state index contributed by atoms with van der Waals surface area (Å²) in [6.45, 7) is 0. The van der Waals surface area contributed by atoms with E-state index in [1.165, 1.54) is 29.5 Å². The molecule has 0 spiro atoms. The Bertz CT molecular complexity index is 526. The Hall–Kier alpha value is -1.60. The standard InChI is InChI=1S/C17H19N/c1-18-17(11-12-17)13-15-9-5-6-10-16(15)14-7-3-2-4-8-14/h2-10,18H,11-13H2,1H3. The molecule has 0 bridgehead atoms. The molecule has 0 radical (unpaired) electrons. The normalized spacial score (nSPS) is 16.5. The van der Waals surface area contributed by atoms with Crippen molar-refractivity contribution in [3.63, 3.8) is 0 Å². The molecule has 0 heterocycles. The van der Waals surface area contributed by atoms with Gasteiger partial charge in [-0.3, -0.25) is 0 Å². The summed E-state index contributed by atoms with van der Waals surface area (Å²) in [7, 11) is 2.08. The first-order chi connectivity index (χ1) is 8.83. The molecule has 1 aliphatic carbocycles. The molecule has 1 fully saturated rings. The van der Waals surface area contributed by atoms with Gasteiger partial charge in [-0.05, 0) is 43.0 Å². The van der Waals surface area contributed by atoms with E-state index in [2.05, 4.69) is 67.0 Å². The lowest BCUT2D eigenvalue weighted by Crippen LogP contribution is -2.29. The Morgan fingerprint density at radius 1 is 0.944 bits per heavy atom. The van der Waals surface area contributed by atoms with Crippen LogP contribution in [0.25, 0.3) is 11.1 Å². The Morgan fingerprint density at radius 3 is 2.28 bits per heavy atom. The Kier molecular flexibility index (Phi) is 2.92. The molecule has 0 aliphatic heterocycles.